The Morgan fingerprint density at radius 1 is 1.50 bits per heavy atom. The highest BCUT2D eigenvalue weighted by Crippen LogP contribution is 1.99. The summed E-state index contributed by atoms with van der Waals surface area (Å²) in [6, 6.07) is -0.0287. The van der Waals surface area contributed by atoms with Gasteiger partial charge in [0.1, 0.15) is 0 Å². The number of hydrogen-bond acceptors (Lipinski definition) is 3. The normalized spacial score (nSPS) is 11.6. The molecule has 2 N–H and O–H groups in total. The fourth-order valence-electron chi connectivity index (χ4n) is 0.907. The number of esters is 1. The van der Waals surface area contributed by atoms with Gasteiger partial charge in [-0.2, -0.15) is 0 Å². The molecule has 1 atom stereocenters. The third-order valence-corrected chi connectivity index (χ3v) is 1.39. The molecule has 12 heavy (non-hydrogen) atoms. The maximum Gasteiger partial charge on any atom is 0.307 e. The molecule has 0 saturated carbocycles. The van der Waals surface area contributed by atoms with E-state index in [0.717, 1.165) is 12.8 Å². The second kappa shape index (κ2) is 8.81. The van der Waals surface area contributed by atoms with Crippen molar-refractivity contribution in [2.75, 3.05) is 6.61 Å². The van der Waals surface area contributed by atoms with Crippen molar-refractivity contribution in [1.29, 1.82) is 0 Å². The van der Waals surface area contributed by atoms with Crippen molar-refractivity contribution >= 4 is 18.4 Å². The van der Waals surface area contributed by atoms with Gasteiger partial charge in [0.25, 0.3) is 0 Å². The lowest BCUT2D eigenvalue weighted by Gasteiger charge is -2.08. The molecule has 0 aliphatic carbocycles. The number of hydrogen-bond donors (Lipinski definition) is 1. The summed E-state index contributed by atoms with van der Waals surface area (Å²) in [5.41, 5.74) is 5.61. The number of carbonyl (C=O) groups excluding carboxylic acids is 1. The van der Waals surface area contributed by atoms with Crippen molar-refractivity contribution < 1.29 is 9.53 Å². The van der Waals surface area contributed by atoms with Crippen LogP contribution in [0.3, 0.4) is 0 Å². The Bertz CT molecular complexity index is 120. The highest BCUT2D eigenvalue weighted by atomic mass is 35.5. The van der Waals surface area contributed by atoms with Crippen LogP contribution in [0.2, 0.25) is 0 Å². The van der Waals surface area contributed by atoms with Crippen LogP contribution in [0.4, 0.5) is 0 Å². The lowest BCUT2D eigenvalue weighted by Crippen LogP contribution is -2.24. The summed E-state index contributed by atoms with van der Waals surface area (Å²) in [5.74, 6) is -0.187. The summed E-state index contributed by atoms with van der Waals surface area (Å²) in [6.07, 6.45) is 2.25. The molecule has 0 spiro atoms. The zero-order valence-corrected chi connectivity index (χ0v) is 8.52. The molecule has 0 aromatic rings. The second-order valence-corrected chi connectivity index (χ2v) is 2.56. The van der Waals surface area contributed by atoms with Gasteiger partial charge in [-0.1, -0.05) is 13.3 Å². The van der Waals surface area contributed by atoms with E-state index in [4.69, 9.17) is 10.5 Å². The van der Waals surface area contributed by atoms with E-state index in [1.165, 1.54) is 0 Å². The molecule has 0 heterocycles. The van der Waals surface area contributed by atoms with Crippen molar-refractivity contribution in [3.05, 3.63) is 0 Å². The largest absolute Gasteiger partial charge is 0.466 e. The van der Waals surface area contributed by atoms with Crippen LogP contribution in [0.1, 0.15) is 33.1 Å². The zero-order chi connectivity index (χ0) is 8.69. The third kappa shape index (κ3) is 7.82. The van der Waals surface area contributed by atoms with Gasteiger partial charge in [0.2, 0.25) is 0 Å². The van der Waals surface area contributed by atoms with E-state index in [-0.39, 0.29) is 24.4 Å². The summed E-state index contributed by atoms with van der Waals surface area (Å²) < 4.78 is 4.74. The lowest BCUT2D eigenvalue weighted by molar-refractivity contribution is -0.143. The van der Waals surface area contributed by atoms with E-state index in [1.54, 1.807) is 6.92 Å². The predicted molar refractivity (Wildman–Crippen MR) is 51.4 cm³/mol. The highest BCUT2D eigenvalue weighted by molar-refractivity contribution is 5.85. The van der Waals surface area contributed by atoms with E-state index in [9.17, 15) is 4.79 Å². The van der Waals surface area contributed by atoms with Gasteiger partial charge < -0.3 is 10.5 Å². The number of carbonyl (C=O) groups is 1. The molecule has 0 aliphatic rings. The Balaban J connectivity index is 0. The zero-order valence-electron chi connectivity index (χ0n) is 7.71. The molecule has 0 saturated heterocycles. The van der Waals surface area contributed by atoms with Crippen LogP contribution in [0.5, 0.6) is 0 Å². The first-order valence-corrected chi connectivity index (χ1v) is 4.11. The number of nitrogens with two attached hydrogens (primary N) is 1. The average Bonchev–Trinajstić information content (AvgIpc) is 1.87. The first-order chi connectivity index (χ1) is 5.20. The fraction of sp³-hybridized carbons (Fsp3) is 0.875. The second-order valence-electron chi connectivity index (χ2n) is 2.56. The van der Waals surface area contributed by atoms with E-state index < -0.39 is 0 Å². The number of halogens is 1. The predicted octanol–water partition coefficient (Wildman–Crippen LogP) is 1.49. The molecular weight excluding hydrogens is 178 g/mol. The summed E-state index contributed by atoms with van der Waals surface area (Å²) in [6.45, 7) is 4.28. The van der Waals surface area contributed by atoms with E-state index in [1.807, 2.05) is 6.92 Å². The summed E-state index contributed by atoms with van der Waals surface area (Å²) in [4.78, 5) is 10.8. The van der Waals surface area contributed by atoms with Gasteiger partial charge in [0.05, 0.1) is 13.0 Å². The van der Waals surface area contributed by atoms with Crippen molar-refractivity contribution in [1.82, 2.24) is 0 Å². The Morgan fingerprint density at radius 2 is 2.08 bits per heavy atom. The Labute approximate surface area is 80.1 Å². The molecule has 1 unspecified atom stereocenters. The minimum Gasteiger partial charge on any atom is -0.466 e. The van der Waals surface area contributed by atoms with E-state index in [0.29, 0.717) is 13.0 Å². The van der Waals surface area contributed by atoms with Crippen LogP contribution in [-0.2, 0) is 9.53 Å². The monoisotopic (exact) mass is 195 g/mol. The van der Waals surface area contributed by atoms with Crippen molar-refractivity contribution in [2.24, 2.45) is 5.73 Å². The van der Waals surface area contributed by atoms with E-state index >= 15 is 0 Å². The van der Waals surface area contributed by atoms with Crippen LogP contribution >= 0.6 is 12.4 Å². The van der Waals surface area contributed by atoms with Gasteiger partial charge in [-0.05, 0) is 13.3 Å². The van der Waals surface area contributed by atoms with Crippen LogP contribution in [0, 0.1) is 0 Å². The summed E-state index contributed by atoms with van der Waals surface area (Å²) in [5, 5.41) is 0. The maximum absolute atomic E-state index is 10.8. The topological polar surface area (TPSA) is 52.3 Å². The quantitative estimate of drug-likeness (QED) is 0.677. The first-order valence-electron chi connectivity index (χ1n) is 4.11. The fourth-order valence-corrected chi connectivity index (χ4v) is 0.907. The molecule has 4 heteroatoms. The van der Waals surface area contributed by atoms with Gasteiger partial charge >= 0.3 is 5.97 Å². The number of ether oxygens (including phenoxy) is 1. The molecule has 74 valence electrons. The minimum absolute atomic E-state index is 0. The SMILES string of the molecule is CCCC(N)CC(=O)OCC.Cl. The molecule has 0 aliphatic heterocycles. The average molecular weight is 196 g/mol. The van der Waals surface area contributed by atoms with Gasteiger partial charge in [0, 0.05) is 6.04 Å². The lowest BCUT2D eigenvalue weighted by atomic mass is 10.1. The molecular formula is C8H18ClNO2. The third-order valence-electron chi connectivity index (χ3n) is 1.39. The van der Waals surface area contributed by atoms with Crippen LogP contribution in [0.25, 0.3) is 0 Å². The molecule has 0 fully saturated rings. The highest BCUT2D eigenvalue weighted by Gasteiger charge is 2.08. The van der Waals surface area contributed by atoms with Gasteiger partial charge in [-0.25, -0.2) is 0 Å². The minimum atomic E-state index is -0.187. The molecule has 0 radical (unpaired) electrons. The summed E-state index contributed by atoms with van der Waals surface area (Å²) >= 11 is 0. The van der Waals surface area contributed by atoms with E-state index in [2.05, 4.69) is 0 Å². The molecule has 0 amide bonds. The molecule has 0 aromatic carbocycles. The Morgan fingerprint density at radius 3 is 2.50 bits per heavy atom. The van der Waals surface area contributed by atoms with Crippen molar-refractivity contribution in [3.8, 4) is 0 Å². The Hall–Kier alpha value is -0.280. The smallest absolute Gasteiger partial charge is 0.307 e. The molecule has 0 bridgehead atoms. The molecule has 3 nitrogen and oxygen atoms in total. The van der Waals surface area contributed by atoms with Crippen molar-refractivity contribution in [2.45, 2.75) is 39.2 Å². The van der Waals surface area contributed by atoms with Gasteiger partial charge in [-0.15, -0.1) is 12.4 Å². The van der Waals surface area contributed by atoms with Crippen LogP contribution < -0.4 is 5.73 Å². The standard InChI is InChI=1S/C8H17NO2.ClH/c1-3-5-7(9)6-8(10)11-4-2;/h7H,3-6,9H2,1-2H3;1H. The first kappa shape index (κ1) is 14.3. The van der Waals surface area contributed by atoms with Gasteiger partial charge in [-0.3, -0.25) is 4.79 Å². The van der Waals surface area contributed by atoms with Crippen LogP contribution in [0.15, 0.2) is 0 Å². The number of rotatable bonds is 5. The maximum atomic E-state index is 10.8. The van der Waals surface area contributed by atoms with Gasteiger partial charge in [0.15, 0.2) is 0 Å². The summed E-state index contributed by atoms with van der Waals surface area (Å²) in [7, 11) is 0. The molecule has 0 rings (SSSR count). The van der Waals surface area contributed by atoms with Crippen LogP contribution in [-0.4, -0.2) is 18.6 Å². The Kier molecular flexibility index (Phi) is 10.5. The van der Waals surface area contributed by atoms with Crippen molar-refractivity contribution in [3.63, 3.8) is 0 Å². The molecule has 0 aromatic heterocycles.